The Morgan fingerprint density at radius 2 is 1.73 bits per heavy atom. The monoisotopic (exact) mass is 462 g/mol. The molecular weight excluding hydrogens is 444 g/mol. The van der Waals surface area contributed by atoms with Crippen LogP contribution < -0.4 is 15.2 Å². The zero-order valence-electron chi connectivity index (χ0n) is 16.3. The van der Waals surface area contributed by atoms with E-state index in [1.54, 1.807) is 18.2 Å². The van der Waals surface area contributed by atoms with Crippen LogP contribution in [0.1, 0.15) is 16.7 Å². The lowest BCUT2D eigenvalue weighted by molar-refractivity contribution is -0.117. The van der Waals surface area contributed by atoms with E-state index in [4.69, 9.17) is 4.74 Å². The van der Waals surface area contributed by atoms with Crippen molar-refractivity contribution in [2.75, 3.05) is 5.01 Å². The molecule has 6 heteroatoms. The molecule has 1 heterocycles. The summed E-state index contributed by atoms with van der Waals surface area (Å²) in [5.74, 6) is -0.269. The number of amides is 2. The Morgan fingerprint density at radius 3 is 2.47 bits per heavy atom. The van der Waals surface area contributed by atoms with Crippen LogP contribution in [0.5, 0.6) is 5.75 Å². The Hall–Kier alpha value is -3.38. The van der Waals surface area contributed by atoms with E-state index in [0.717, 1.165) is 10.0 Å². The number of carbonyl (C=O) groups is 2. The van der Waals surface area contributed by atoms with Gasteiger partial charge >= 0.3 is 0 Å². The van der Waals surface area contributed by atoms with Gasteiger partial charge in [-0.25, -0.2) is 5.01 Å². The second kappa shape index (κ2) is 8.55. The van der Waals surface area contributed by atoms with Crippen LogP contribution in [0, 0.1) is 6.92 Å². The number of anilines is 1. The molecule has 1 aliphatic rings. The minimum absolute atomic E-state index is 0.0529. The topological polar surface area (TPSA) is 58.6 Å². The third-order valence-corrected chi connectivity index (χ3v) is 5.19. The second-order valence-corrected chi connectivity index (χ2v) is 7.85. The van der Waals surface area contributed by atoms with E-state index in [9.17, 15) is 9.59 Å². The standard InChI is InChI=1S/C24H19BrN2O3/c1-16-7-9-17(10-8-16)15-30-22-12-11-19(25)13-18(22)14-21-23(28)26-27(24(21)29)20-5-3-2-4-6-20/h2-14H,15H2,1H3,(H,26,28). The molecule has 3 aromatic rings. The van der Waals surface area contributed by atoms with Gasteiger partial charge in [0.05, 0.1) is 5.69 Å². The smallest absolute Gasteiger partial charge is 0.282 e. The Kier molecular flexibility index (Phi) is 5.68. The van der Waals surface area contributed by atoms with Crippen molar-refractivity contribution in [2.45, 2.75) is 13.5 Å². The highest BCUT2D eigenvalue weighted by Crippen LogP contribution is 2.28. The maximum atomic E-state index is 12.8. The van der Waals surface area contributed by atoms with Crippen molar-refractivity contribution in [3.05, 3.63) is 99.5 Å². The van der Waals surface area contributed by atoms with Crippen molar-refractivity contribution in [1.82, 2.24) is 5.43 Å². The largest absolute Gasteiger partial charge is 0.488 e. The number of aryl methyl sites for hydroxylation is 1. The van der Waals surface area contributed by atoms with Crippen molar-refractivity contribution in [1.29, 1.82) is 0 Å². The average Bonchev–Trinajstić information content (AvgIpc) is 3.03. The van der Waals surface area contributed by atoms with Gasteiger partial charge in [0.2, 0.25) is 0 Å². The number of hydrogen-bond acceptors (Lipinski definition) is 3. The summed E-state index contributed by atoms with van der Waals surface area (Å²) in [6.07, 6.45) is 1.57. The molecular formula is C24H19BrN2O3. The number of para-hydroxylation sites is 1. The molecule has 150 valence electrons. The number of nitrogens with zero attached hydrogens (tertiary/aromatic N) is 1. The first-order valence-corrected chi connectivity index (χ1v) is 10.2. The lowest BCUT2D eigenvalue weighted by atomic mass is 10.1. The fourth-order valence-electron chi connectivity index (χ4n) is 3.08. The Balaban J connectivity index is 1.61. The van der Waals surface area contributed by atoms with Crippen LogP contribution in [0.4, 0.5) is 5.69 Å². The fraction of sp³-hybridized carbons (Fsp3) is 0.0833. The van der Waals surface area contributed by atoms with Crippen LogP contribution >= 0.6 is 15.9 Å². The van der Waals surface area contributed by atoms with Gasteiger partial charge in [0.1, 0.15) is 17.9 Å². The van der Waals surface area contributed by atoms with Gasteiger partial charge in [-0.15, -0.1) is 0 Å². The Labute approximate surface area is 183 Å². The third kappa shape index (κ3) is 4.28. The predicted molar refractivity (Wildman–Crippen MR) is 120 cm³/mol. The molecule has 1 fully saturated rings. The van der Waals surface area contributed by atoms with Gasteiger partial charge in [0.15, 0.2) is 0 Å². The van der Waals surface area contributed by atoms with E-state index in [0.29, 0.717) is 23.6 Å². The minimum atomic E-state index is -0.451. The van der Waals surface area contributed by atoms with E-state index < -0.39 is 11.8 Å². The van der Waals surface area contributed by atoms with Gasteiger partial charge in [-0.3, -0.25) is 15.0 Å². The van der Waals surface area contributed by atoms with Crippen LogP contribution in [0.2, 0.25) is 0 Å². The van der Waals surface area contributed by atoms with Crippen molar-refractivity contribution < 1.29 is 14.3 Å². The summed E-state index contributed by atoms with van der Waals surface area (Å²) < 4.78 is 6.81. The summed E-state index contributed by atoms with van der Waals surface area (Å²) in [7, 11) is 0. The molecule has 4 rings (SSSR count). The highest BCUT2D eigenvalue weighted by Gasteiger charge is 2.34. The van der Waals surface area contributed by atoms with E-state index in [2.05, 4.69) is 21.4 Å². The van der Waals surface area contributed by atoms with Gasteiger partial charge in [-0.2, -0.15) is 0 Å². The number of ether oxygens (including phenoxy) is 1. The van der Waals surface area contributed by atoms with Crippen LogP contribution in [0.3, 0.4) is 0 Å². The second-order valence-electron chi connectivity index (χ2n) is 6.93. The summed E-state index contributed by atoms with van der Waals surface area (Å²) >= 11 is 3.45. The maximum Gasteiger partial charge on any atom is 0.282 e. The predicted octanol–water partition coefficient (Wildman–Crippen LogP) is 4.80. The molecule has 1 aliphatic heterocycles. The summed E-state index contributed by atoms with van der Waals surface area (Å²) in [6.45, 7) is 2.42. The van der Waals surface area contributed by atoms with Crippen LogP contribution in [-0.4, -0.2) is 11.8 Å². The molecule has 0 aromatic heterocycles. The lowest BCUT2D eigenvalue weighted by Crippen LogP contribution is -2.35. The lowest BCUT2D eigenvalue weighted by Gasteiger charge is -2.14. The first-order valence-electron chi connectivity index (χ1n) is 9.41. The van der Waals surface area contributed by atoms with Crippen molar-refractivity contribution in [3.8, 4) is 5.75 Å². The summed E-state index contributed by atoms with van der Waals surface area (Å²) in [4.78, 5) is 25.3. The quantitative estimate of drug-likeness (QED) is 0.437. The first kappa shape index (κ1) is 19.9. The number of nitrogens with one attached hydrogen (secondary N) is 1. The maximum absolute atomic E-state index is 12.8. The fourth-order valence-corrected chi connectivity index (χ4v) is 3.46. The van der Waals surface area contributed by atoms with Gasteiger partial charge in [-0.05, 0) is 48.9 Å². The van der Waals surface area contributed by atoms with Gasteiger partial charge < -0.3 is 4.74 Å². The molecule has 0 aliphatic carbocycles. The van der Waals surface area contributed by atoms with Gasteiger partial charge in [0.25, 0.3) is 11.8 Å². The summed E-state index contributed by atoms with van der Waals surface area (Å²) in [6, 6.07) is 22.6. The first-order chi connectivity index (χ1) is 14.5. The van der Waals surface area contributed by atoms with E-state index in [-0.39, 0.29) is 5.57 Å². The molecule has 5 nitrogen and oxygen atoms in total. The van der Waals surface area contributed by atoms with Crippen LogP contribution in [-0.2, 0) is 16.2 Å². The average molecular weight is 463 g/mol. The van der Waals surface area contributed by atoms with Crippen molar-refractivity contribution >= 4 is 39.5 Å². The minimum Gasteiger partial charge on any atom is -0.488 e. The third-order valence-electron chi connectivity index (χ3n) is 4.69. The molecule has 0 radical (unpaired) electrons. The molecule has 0 saturated carbocycles. The molecule has 3 aromatic carbocycles. The number of halogens is 1. The Morgan fingerprint density at radius 1 is 1.00 bits per heavy atom. The van der Waals surface area contributed by atoms with E-state index in [1.165, 1.54) is 10.6 Å². The van der Waals surface area contributed by atoms with Gasteiger partial charge in [0, 0.05) is 10.0 Å². The zero-order chi connectivity index (χ0) is 21.1. The molecule has 0 bridgehead atoms. The number of rotatable bonds is 5. The van der Waals surface area contributed by atoms with E-state index >= 15 is 0 Å². The molecule has 0 spiro atoms. The Bertz CT molecular complexity index is 1120. The SMILES string of the molecule is Cc1ccc(COc2ccc(Br)cc2C=C2C(=O)NN(c3ccccc3)C2=O)cc1. The molecule has 1 N–H and O–H groups in total. The number of hydrogen-bond donors (Lipinski definition) is 1. The number of hydrazine groups is 1. The summed E-state index contributed by atoms with van der Waals surface area (Å²) in [5, 5.41) is 1.25. The van der Waals surface area contributed by atoms with E-state index in [1.807, 2.05) is 67.6 Å². The number of benzene rings is 3. The number of carbonyl (C=O) groups excluding carboxylic acids is 2. The van der Waals surface area contributed by atoms with Crippen LogP contribution in [0.25, 0.3) is 6.08 Å². The highest BCUT2D eigenvalue weighted by molar-refractivity contribution is 9.10. The van der Waals surface area contributed by atoms with Crippen LogP contribution in [0.15, 0.2) is 82.8 Å². The molecule has 0 atom stereocenters. The molecule has 1 saturated heterocycles. The molecule has 0 unspecified atom stereocenters. The normalized spacial score (nSPS) is 14.9. The molecule has 30 heavy (non-hydrogen) atoms. The zero-order valence-corrected chi connectivity index (χ0v) is 17.8. The van der Waals surface area contributed by atoms with Crippen molar-refractivity contribution in [3.63, 3.8) is 0 Å². The highest BCUT2D eigenvalue weighted by atomic mass is 79.9. The van der Waals surface area contributed by atoms with Gasteiger partial charge in [-0.1, -0.05) is 64.0 Å². The summed E-state index contributed by atoms with van der Waals surface area (Å²) in [5.41, 5.74) is 6.13. The van der Waals surface area contributed by atoms with Crippen molar-refractivity contribution in [2.24, 2.45) is 0 Å². The molecule has 2 amide bonds.